The smallest absolute Gasteiger partial charge is 0.238 e. The molecule has 5 rings (SSSR count). The van der Waals surface area contributed by atoms with Gasteiger partial charge in [0.05, 0.1) is 24.4 Å². The first-order valence-corrected chi connectivity index (χ1v) is 12.2. The van der Waals surface area contributed by atoms with E-state index in [1.165, 1.54) is 0 Å². The van der Waals surface area contributed by atoms with E-state index in [4.69, 9.17) is 19.2 Å². The van der Waals surface area contributed by atoms with E-state index < -0.39 is 5.41 Å². The Kier molecular flexibility index (Phi) is 6.95. The van der Waals surface area contributed by atoms with Gasteiger partial charge in [0.25, 0.3) is 0 Å². The highest BCUT2D eigenvalue weighted by Crippen LogP contribution is 2.39. The third-order valence-corrected chi connectivity index (χ3v) is 7.12. The molecule has 2 aliphatic rings. The number of benzene rings is 2. The van der Waals surface area contributed by atoms with Gasteiger partial charge in [-0.05, 0) is 55.5 Å². The molecule has 1 amide bonds. The van der Waals surface area contributed by atoms with Crippen LogP contribution in [0.25, 0.3) is 0 Å². The van der Waals surface area contributed by atoms with Gasteiger partial charge in [-0.3, -0.25) is 9.78 Å². The first-order valence-electron chi connectivity index (χ1n) is 12.2. The summed E-state index contributed by atoms with van der Waals surface area (Å²) in [4.78, 5) is 25.2. The van der Waals surface area contributed by atoms with Crippen molar-refractivity contribution in [3.63, 3.8) is 0 Å². The second-order valence-corrected chi connectivity index (χ2v) is 9.21. The van der Waals surface area contributed by atoms with E-state index in [0.717, 1.165) is 42.1 Å². The molecule has 1 aromatic heterocycles. The fourth-order valence-corrected chi connectivity index (χ4v) is 5.18. The summed E-state index contributed by atoms with van der Waals surface area (Å²) in [7, 11) is 1.65. The molecule has 7 nitrogen and oxygen atoms in total. The number of ether oxygens (including phenoxy) is 3. The molecule has 182 valence electrons. The number of piperidine rings is 1. The van der Waals surface area contributed by atoms with Crippen LogP contribution in [0.3, 0.4) is 0 Å². The Morgan fingerprint density at radius 3 is 2.54 bits per heavy atom. The van der Waals surface area contributed by atoms with Gasteiger partial charge >= 0.3 is 0 Å². The summed E-state index contributed by atoms with van der Waals surface area (Å²) in [6, 6.07) is 17.5. The van der Waals surface area contributed by atoms with Crippen molar-refractivity contribution < 1.29 is 19.0 Å². The molecule has 2 aromatic carbocycles. The monoisotopic (exact) mass is 473 g/mol. The second-order valence-electron chi connectivity index (χ2n) is 9.21. The summed E-state index contributed by atoms with van der Waals surface area (Å²) in [5.41, 5.74) is 1.32. The SMILES string of the molecule is COc1ccc(C2(C(=O)N3CCCC(c4cncc(Oc5ccccc5)n4)C3)CCOCC2)cc1. The highest BCUT2D eigenvalue weighted by molar-refractivity contribution is 5.88. The molecule has 35 heavy (non-hydrogen) atoms. The topological polar surface area (TPSA) is 73.8 Å². The zero-order chi connectivity index (χ0) is 24.1. The van der Waals surface area contributed by atoms with Crippen molar-refractivity contribution in [2.24, 2.45) is 0 Å². The predicted octanol–water partition coefficient (Wildman–Crippen LogP) is 4.73. The van der Waals surface area contributed by atoms with Crippen LogP contribution in [0.15, 0.2) is 67.0 Å². The molecule has 2 aliphatic heterocycles. The Morgan fingerprint density at radius 2 is 1.80 bits per heavy atom. The molecule has 0 aliphatic carbocycles. The van der Waals surface area contributed by atoms with Gasteiger partial charge in [0.2, 0.25) is 11.8 Å². The number of carbonyl (C=O) groups is 1. The summed E-state index contributed by atoms with van der Waals surface area (Å²) in [6.45, 7) is 2.54. The zero-order valence-electron chi connectivity index (χ0n) is 20.1. The van der Waals surface area contributed by atoms with Gasteiger partial charge in [-0.1, -0.05) is 30.3 Å². The molecule has 7 heteroatoms. The summed E-state index contributed by atoms with van der Waals surface area (Å²) < 4.78 is 16.9. The Bertz CT molecular complexity index is 1130. The van der Waals surface area contributed by atoms with E-state index in [1.54, 1.807) is 19.5 Å². The Morgan fingerprint density at radius 1 is 1.03 bits per heavy atom. The lowest BCUT2D eigenvalue weighted by atomic mass is 9.72. The molecule has 3 aromatic rings. The quantitative estimate of drug-likeness (QED) is 0.515. The summed E-state index contributed by atoms with van der Waals surface area (Å²) >= 11 is 0. The maximum absolute atomic E-state index is 14.1. The number of rotatable bonds is 6. The van der Waals surface area contributed by atoms with Gasteiger partial charge in [0.15, 0.2) is 0 Å². The average Bonchev–Trinajstić information content (AvgIpc) is 2.94. The minimum atomic E-state index is -0.573. The summed E-state index contributed by atoms with van der Waals surface area (Å²) in [5, 5.41) is 0. The number of aromatic nitrogens is 2. The Labute approximate surface area is 206 Å². The van der Waals surface area contributed by atoms with Crippen LogP contribution >= 0.6 is 0 Å². The van der Waals surface area contributed by atoms with Gasteiger partial charge in [0.1, 0.15) is 11.5 Å². The summed E-state index contributed by atoms with van der Waals surface area (Å²) in [5.74, 6) is 2.28. The fourth-order valence-electron chi connectivity index (χ4n) is 5.18. The highest BCUT2D eigenvalue weighted by atomic mass is 16.5. The number of methoxy groups -OCH3 is 1. The van der Waals surface area contributed by atoms with Crippen molar-refractivity contribution >= 4 is 5.91 Å². The molecule has 3 heterocycles. The lowest BCUT2D eigenvalue weighted by Crippen LogP contribution is -2.52. The lowest BCUT2D eigenvalue weighted by Gasteiger charge is -2.42. The maximum atomic E-state index is 14.1. The van der Waals surface area contributed by atoms with E-state index in [2.05, 4.69) is 4.98 Å². The Hall–Kier alpha value is -3.45. The van der Waals surface area contributed by atoms with Crippen LogP contribution in [0.4, 0.5) is 0 Å². The van der Waals surface area contributed by atoms with E-state index in [9.17, 15) is 4.79 Å². The molecule has 0 spiro atoms. The van der Waals surface area contributed by atoms with Crippen molar-refractivity contribution in [3.8, 4) is 17.4 Å². The van der Waals surface area contributed by atoms with E-state index >= 15 is 0 Å². The minimum absolute atomic E-state index is 0.118. The number of likely N-dealkylation sites (tertiary alicyclic amines) is 1. The van der Waals surface area contributed by atoms with Crippen LogP contribution in [0.1, 0.15) is 42.9 Å². The van der Waals surface area contributed by atoms with Crippen LogP contribution in [0, 0.1) is 0 Å². The Balaban J connectivity index is 1.35. The average molecular weight is 474 g/mol. The normalized spacial score (nSPS) is 19.7. The zero-order valence-corrected chi connectivity index (χ0v) is 20.1. The van der Waals surface area contributed by atoms with Crippen molar-refractivity contribution in [2.75, 3.05) is 33.4 Å². The van der Waals surface area contributed by atoms with Gasteiger partial charge in [-0.25, -0.2) is 4.98 Å². The molecule has 0 saturated carbocycles. The predicted molar refractivity (Wildman–Crippen MR) is 132 cm³/mol. The van der Waals surface area contributed by atoms with Gasteiger partial charge in [0, 0.05) is 38.4 Å². The number of amides is 1. The van der Waals surface area contributed by atoms with Crippen LogP contribution in [0.2, 0.25) is 0 Å². The number of hydrogen-bond acceptors (Lipinski definition) is 6. The maximum Gasteiger partial charge on any atom is 0.238 e. The highest BCUT2D eigenvalue weighted by Gasteiger charge is 2.45. The van der Waals surface area contributed by atoms with E-state index in [-0.39, 0.29) is 11.8 Å². The second kappa shape index (κ2) is 10.4. The molecule has 1 atom stereocenters. The van der Waals surface area contributed by atoms with E-state index in [0.29, 0.717) is 38.5 Å². The molecular formula is C28H31N3O4. The first-order chi connectivity index (χ1) is 17.2. The van der Waals surface area contributed by atoms with Crippen molar-refractivity contribution in [1.29, 1.82) is 0 Å². The lowest BCUT2D eigenvalue weighted by molar-refractivity contribution is -0.142. The minimum Gasteiger partial charge on any atom is -0.497 e. The number of para-hydroxylation sites is 1. The number of nitrogens with zero attached hydrogens (tertiary/aromatic N) is 3. The van der Waals surface area contributed by atoms with Gasteiger partial charge in [-0.15, -0.1) is 0 Å². The van der Waals surface area contributed by atoms with Crippen LogP contribution in [-0.4, -0.2) is 54.2 Å². The van der Waals surface area contributed by atoms with Gasteiger partial charge < -0.3 is 19.1 Å². The largest absolute Gasteiger partial charge is 0.497 e. The third kappa shape index (κ3) is 5.00. The molecule has 0 radical (unpaired) electrons. The van der Waals surface area contributed by atoms with E-state index in [1.807, 2.05) is 59.5 Å². The molecular weight excluding hydrogens is 442 g/mol. The molecule has 1 unspecified atom stereocenters. The van der Waals surface area contributed by atoms with Crippen molar-refractivity contribution in [3.05, 3.63) is 78.2 Å². The number of carbonyl (C=O) groups excluding carboxylic acids is 1. The standard InChI is InChI=1S/C28H31N3O4/c1-33-23-11-9-22(10-12-23)28(13-16-34-17-14-28)27(32)31-15-5-6-21(20-31)25-18-29-19-26(30-25)35-24-7-3-2-4-8-24/h2-4,7-12,18-19,21H,5-6,13-17,20H2,1H3. The van der Waals surface area contributed by atoms with Crippen LogP contribution < -0.4 is 9.47 Å². The first kappa shape index (κ1) is 23.3. The van der Waals surface area contributed by atoms with Crippen molar-refractivity contribution in [1.82, 2.24) is 14.9 Å². The fraction of sp³-hybridized carbons (Fsp3) is 0.393. The van der Waals surface area contributed by atoms with Crippen LogP contribution in [-0.2, 0) is 14.9 Å². The van der Waals surface area contributed by atoms with Gasteiger partial charge in [-0.2, -0.15) is 0 Å². The third-order valence-electron chi connectivity index (χ3n) is 7.12. The molecule has 0 bridgehead atoms. The summed E-state index contributed by atoms with van der Waals surface area (Å²) in [6.07, 6.45) is 6.68. The number of hydrogen-bond donors (Lipinski definition) is 0. The molecule has 2 fully saturated rings. The van der Waals surface area contributed by atoms with Crippen LogP contribution in [0.5, 0.6) is 17.4 Å². The van der Waals surface area contributed by atoms with Crippen molar-refractivity contribution in [2.45, 2.75) is 37.0 Å². The molecule has 2 saturated heterocycles. The molecule has 0 N–H and O–H groups in total.